The Balaban J connectivity index is 2.26. The first-order valence-corrected chi connectivity index (χ1v) is 5.85. The Morgan fingerprint density at radius 2 is 2.11 bits per heavy atom. The molecule has 96 valence electrons. The lowest BCUT2D eigenvalue weighted by molar-refractivity contribution is 0.241. The molecule has 2 heterocycles. The van der Waals surface area contributed by atoms with Crippen LogP contribution in [-0.4, -0.2) is 33.5 Å². The van der Waals surface area contributed by atoms with Crippen LogP contribution in [0.25, 0.3) is 0 Å². The summed E-state index contributed by atoms with van der Waals surface area (Å²) in [5.74, 6) is 0.756. The number of nitrogens with zero attached hydrogens (tertiary/aromatic N) is 3. The van der Waals surface area contributed by atoms with Crippen molar-refractivity contribution in [3.63, 3.8) is 0 Å². The summed E-state index contributed by atoms with van der Waals surface area (Å²) in [4.78, 5) is 4.19. The molecule has 0 saturated heterocycles. The molecule has 6 heteroatoms. The molecule has 1 atom stereocenters. The maximum absolute atomic E-state index is 5.63. The molecule has 0 aliphatic rings. The topological polar surface area (TPSA) is 75.7 Å². The van der Waals surface area contributed by atoms with Crippen LogP contribution in [-0.2, 0) is 0 Å². The first-order valence-electron chi connectivity index (χ1n) is 5.85. The van der Waals surface area contributed by atoms with E-state index in [0.29, 0.717) is 0 Å². The SMILES string of the molecule is CNC(c1cncc(OC(C)C)c1)c1cn[nH]n1. The van der Waals surface area contributed by atoms with E-state index in [4.69, 9.17) is 4.74 Å². The Hall–Kier alpha value is -1.95. The summed E-state index contributed by atoms with van der Waals surface area (Å²) in [6.45, 7) is 3.97. The average molecular weight is 247 g/mol. The number of H-pyrrole nitrogens is 1. The predicted octanol–water partition coefficient (Wildman–Crippen LogP) is 1.30. The quantitative estimate of drug-likeness (QED) is 0.832. The van der Waals surface area contributed by atoms with Crippen LogP contribution in [0.15, 0.2) is 24.7 Å². The molecule has 6 nitrogen and oxygen atoms in total. The molecule has 0 aliphatic carbocycles. The molecule has 0 saturated carbocycles. The summed E-state index contributed by atoms with van der Waals surface area (Å²) in [6, 6.07) is 1.91. The van der Waals surface area contributed by atoms with Crippen molar-refractivity contribution >= 4 is 0 Å². The minimum Gasteiger partial charge on any atom is -0.489 e. The average Bonchev–Trinajstić information content (AvgIpc) is 2.83. The molecule has 0 amide bonds. The fourth-order valence-corrected chi connectivity index (χ4v) is 1.76. The Kier molecular flexibility index (Phi) is 3.88. The van der Waals surface area contributed by atoms with Crippen LogP contribution in [0, 0.1) is 0 Å². The molecule has 2 aromatic heterocycles. The maximum Gasteiger partial charge on any atom is 0.138 e. The zero-order valence-corrected chi connectivity index (χ0v) is 10.7. The second-order valence-electron chi connectivity index (χ2n) is 4.24. The van der Waals surface area contributed by atoms with Crippen LogP contribution in [0.2, 0.25) is 0 Å². The summed E-state index contributed by atoms with van der Waals surface area (Å²) >= 11 is 0. The molecule has 0 aromatic carbocycles. The Morgan fingerprint density at radius 3 is 2.72 bits per heavy atom. The zero-order chi connectivity index (χ0) is 13.0. The van der Waals surface area contributed by atoms with Crippen molar-refractivity contribution in [2.45, 2.75) is 26.0 Å². The lowest BCUT2D eigenvalue weighted by Crippen LogP contribution is -2.18. The fourth-order valence-electron chi connectivity index (χ4n) is 1.76. The van der Waals surface area contributed by atoms with Gasteiger partial charge in [-0.25, -0.2) is 0 Å². The van der Waals surface area contributed by atoms with E-state index in [1.165, 1.54) is 0 Å². The van der Waals surface area contributed by atoms with Crippen LogP contribution in [0.1, 0.15) is 31.1 Å². The highest BCUT2D eigenvalue weighted by molar-refractivity contribution is 5.30. The lowest BCUT2D eigenvalue weighted by Gasteiger charge is -2.15. The van der Waals surface area contributed by atoms with Gasteiger partial charge in [-0.3, -0.25) is 4.98 Å². The van der Waals surface area contributed by atoms with Crippen LogP contribution in [0.3, 0.4) is 0 Å². The number of aromatic amines is 1. The second kappa shape index (κ2) is 5.59. The van der Waals surface area contributed by atoms with Crippen molar-refractivity contribution < 1.29 is 4.74 Å². The summed E-state index contributed by atoms with van der Waals surface area (Å²) in [5, 5.41) is 13.7. The van der Waals surface area contributed by atoms with Gasteiger partial charge in [-0.1, -0.05) is 0 Å². The third kappa shape index (κ3) is 2.84. The van der Waals surface area contributed by atoms with Gasteiger partial charge >= 0.3 is 0 Å². The second-order valence-corrected chi connectivity index (χ2v) is 4.24. The highest BCUT2D eigenvalue weighted by Crippen LogP contribution is 2.22. The number of hydrogen-bond acceptors (Lipinski definition) is 5. The molecular weight excluding hydrogens is 230 g/mol. The highest BCUT2D eigenvalue weighted by Gasteiger charge is 2.15. The van der Waals surface area contributed by atoms with Gasteiger partial charge in [0.05, 0.1) is 24.5 Å². The molecule has 0 radical (unpaired) electrons. The van der Waals surface area contributed by atoms with Crippen LogP contribution >= 0.6 is 0 Å². The summed E-state index contributed by atoms with van der Waals surface area (Å²) < 4.78 is 5.63. The summed E-state index contributed by atoms with van der Waals surface area (Å²) in [7, 11) is 1.87. The Morgan fingerprint density at radius 1 is 1.28 bits per heavy atom. The van der Waals surface area contributed by atoms with E-state index in [2.05, 4.69) is 25.7 Å². The highest BCUT2D eigenvalue weighted by atomic mass is 16.5. The molecule has 2 aromatic rings. The molecule has 1 unspecified atom stereocenters. The van der Waals surface area contributed by atoms with Gasteiger partial charge in [-0.05, 0) is 32.5 Å². The van der Waals surface area contributed by atoms with Crippen LogP contribution in [0.5, 0.6) is 5.75 Å². The zero-order valence-electron chi connectivity index (χ0n) is 10.7. The Labute approximate surface area is 106 Å². The largest absolute Gasteiger partial charge is 0.489 e. The number of pyridine rings is 1. The molecule has 0 bridgehead atoms. The number of ether oxygens (including phenoxy) is 1. The minimum atomic E-state index is -0.0491. The van der Waals surface area contributed by atoms with Gasteiger partial charge in [-0.15, -0.1) is 0 Å². The first-order chi connectivity index (χ1) is 8.70. The number of nitrogens with one attached hydrogen (secondary N) is 2. The molecule has 2 N–H and O–H groups in total. The van der Waals surface area contributed by atoms with Crippen LogP contribution < -0.4 is 10.1 Å². The van der Waals surface area contributed by atoms with Gasteiger partial charge in [0, 0.05) is 6.20 Å². The molecule has 18 heavy (non-hydrogen) atoms. The van der Waals surface area contributed by atoms with Crippen LogP contribution in [0.4, 0.5) is 0 Å². The van der Waals surface area contributed by atoms with Gasteiger partial charge in [-0.2, -0.15) is 15.4 Å². The predicted molar refractivity (Wildman–Crippen MR) is 67.3 cm³/mol. The lowest BCUT2D eigenvalue weighted by atomic mass is 10.1. The third-order valence-electron chi connectivity index (χ3n) is 2.46. The smallest absolute Gasteiger partial charge is 0.138 e. The van der Waals surface area contributed by atoms with Gasteiger partial charge in [0.1, 0.15) is 11.4 Å². The van der Waals surface area contributed by atoms with E-state index in [1.807, 2.05) is 27.0 Å². The van der Waals surface area contributed by atoms with E-state index in [1.54, 1.807) is 18.6 Å². The van der Waals surface area contributed by atoms with Gasteiger partial charge in [0.25, 0.3) is 0 Å². The van der Waals surface area contributed by atoms with E-state index >= 15 is 0 Å². The van der Waals surface area contributed by atoms with E-state index in [-0.39, 0.29) is 12.1 Å². The first kappa shape index (κ1) is 12.5. The van der Waals surface area contributed by atoms with Crippen molar-refractivity contribution in [2.24, 2.45) is 0 Å². The number of aromatic nitrogens is 4. The van der Waals surface area contributed by atoms with Crippen molar-refractivity contribution in [1.29, 1.82) is 0 Å². The van der Waals surface area contributed by atoms with E-state index in [0.717, 1.165) is 17.0 Å². The molecule has 0 fully saturated rings. The van der Waals surface area contributed by atoms with E-state index < -0.39 is 0 Å². The fraction of sp³-hybridized carbons (Fsp3) is 0.417. The van der Waals surface area contributed by atoms with Crippen molar-refractivity contribution in [1.82, 2.24) is 25.7 Å². The van der Waals surface area contributed by atoms with Crippen molar-refractivity contribution in [2.75, 3.05) is 7.05 Å². The standard InChI is InChI=1S/C12H17N5O/c1-8(2)18-10-4-9(5-14-6-10)12(13-3)11-7-15-17-16-11/h4-8,12-13H,1-3H3,(H,15,16,17). The van der Waals surface area contributed by atoms with Crippen molar-refractivity contribution in [3.8, 4) is 5.75 Å². The minimum absolute atomic E-state index is 0.0491. The molecular formula is C12H17N5O. The molecule has 0 spiro atoms. The Bertz CT molecular complexity index is 483. The normalized spacial score (nSPS) is 12.7. The number of hydrogen-bond donors (Lipinski definition) is 2. The maximum atomic E-state index is 5.63. The van der Waals surface area contributed by atoms with Crippen molar-refractivity contribution in [3.05, 3.63) is 35.9 Å². The number of rotatable bonds is 5. The third-order valence-corrected chi connectivity index (χ3v) is 2.46. The monoisotopic (exact) mass is 247 g/mol. The van der Waals surface area contributed by atoms with Gasteiger partial charge in [0.2, 0.25) is 0 Å². The summed E-state index contributed by atoms with van der Waals surface area (Å²) in [6.07, 6.45) is 5.32. The van der Waals surface area contributed by atoms with Gasteiger partial charge < -0.3 is 10.1 Å². The van der Waals surface area contributed by atoms with E-state index in [9.17, 15) is 0 Å². The van der Waals surface area contributed by atoms with Gasteiger partial charge in [0.15, 0.2) is 0 Å². The molecule has 2 rings (SSSR count). The molecule has 0 aliphatic heterocycles. The summed E-state index contributed by atoms with van der Waals surface area (Å²) in [5.41, 5.74) is 1.81.